The lowest BCUT2D eigenvalue weighted by Crippen LogP contribution is -2.31. The number of nitrogens with zero attached hydrogens (tertiary/aromatic N) is 3. The van der Waals surface area contributed by atoms with Gasteiger partial charge in [0.1, 0.15) is 12.4 Å². The van der Waals surface area contributed by atoms with Crippen LogP contribution in [0.5, 0.6) is 0 Å². The van der Waals surface area contributed by atoms with Crippen LogP contribution in [0.15, 0.2) is 12.4 Å². The fraction of sp³-hybridized carbons (Fsp3) is 0.500. The lowest BCUT2D eigenvalue weighted by atomic mass is 10.4. The minimum atomic E-state index is -4.26. The highest BCUT2D eigenvalue weighted by atomic mass is 35.5. The van der Waals surface area contributed by atoms with Gasteiger partial charge >= 0.3 is 6.18 Å². The number of aromatic nitrogens is 2. The number of halogens is 4. The Kier molecular flexibility index (Phi) is 3.73. The monoisotopic (exact) mass is 239 g/mol. The first-order valence-electron chi connectivity index (χ1n) is 4.07. The molecule has 84 valence electrons. The van der Waals surface area contributed by atoms with Crippen molar-refractivity contribution in [3.8, 4) is 0 Å². The minimum Gasteiger partial charge on any atom is -0.349 e. The molecule has 0 aliphatic rings. The molecular formula is C8H9ClF3N3. The highest BCUT2D eigenvalue weighted by molar-refractivity contribution is 6.16. The largest absolute Gasteiger partial charge is 0.405 e. The van der Waals surface area contributed by atoms with Crippen LogP contribution in [-0.2, 0) is 5.88 Å². The zero-order valence-electron chi connectivity index (χ0n) is 7.92. The van der Waals surface area contributed by atoms with Gasteiger partial charge in [-0.1, -0.05) is 0 Å². The van der Waals surface area contributed by atoms with Gasteiger partial charge in [0.05, 0.1) is 17.8 Å². The van der Waals surface area contributed by atoms with E-state index in [1.54, 1.807) is 0 Å². The van der Waals surface area contributed by atoms with E-state index in [0.29, 0.717) is 5.69 Å². The molecule has 0 aliphatic heterocycles. The van der Waals surface area contributed by atoms with Crippen LogP contribution in [0.3, 0.4) is 0 Å². The predicted octanol–water partition coefficient (Wildman–Crippen LogP) is 2.21. The third-order valence-electron chi connectivity index (χ3n) is 1.62. The second-order valence-corrected chi connectivity index (χ2v) is 3.24. The normalized spacial score (nSPS) is 11.5. The molecule has 1 rings (SSSR count). The number of alkyl halides is 4. The van der Waals surface area contributed by atoms with Gasteiger partial charge in [-0.2, -0.15) is 13.2 Å². The Labute approximate surface area is 89.9 Å². The molecule has 0 atom stereocenters. The fourth-order valence-electron chi connectivity index (χ4n) is 0.993. The molecular weight excluding hydrogens is 231 g/mol. The summed E-state index contributed by atoms with van der Waals surface area (Å²) in [6.07, 6.45) is -1.58. The average Bonchev–Trinajstić information content (AvgIpc) is 2.15. The van der Waals surface area contributed by atoms with E-state index in [1.807, 2.05) is 0 Å². The lowest BCUT2D eigenvalue weighted by Gasteiger charge is -2.19. The van der Waals surface area contributed by atoms with Crippen LogP contribution in [0.1, 0.15) is 5.69 Å². The molecule has 0 aromatic carbocycles. The summed E-state index contributed by atoms with van der Waals surface area (Å²) in [5.74, 6) is 0.284. The lowest BCUT2D eigenvalue weighted by molar-refractivity contribution is -0.119. The van der Waals surface area contributed by atoms with Gasteiger partial charge in [-0.3, -0.25) is 4.98 Å². The first kappa shape index (κ1) is 12.0. The van der Waals surface area contributed by atoms with Crippen LogP contribution in [0.2, 0.25) is 0 Å². The van der Waals surface area contributed by atoms with E-state index in [2.05, 4.69) is 9.97 Å². The molecule has 0 amide bonds. The summed E-state index contributed by atoms with van der Waals surface area (Å²) in [6.45, 7) is -1.06. The molecule has 7 heteroatoms. The molecule has 0 saturated carbocycles. The van der Waals surface area contributed by atoms with Crippen molar-refractivity contribution in [2.45, 2.75) is 12.1 Å². The smallest absolute Gasteiger partial charge is 0.349 e. The molecule has 0 radical (unpaired) electrons. The topological polar surface area (TPSA) is 29.0 Å². The summed E-state index contributed by atoms with van der Waals surface area (Å²) in [5, 5.41) is 0. The molecule has 15 heavy (non-hydrogen) atoms. The highest BCUT2D eigenvalue weighted by Gasteiger charge is 2.29. The van der Waals surface area contributed by atoms with Crippen molar-refractivity contribution in [2.24, 2.45) is 0 Å². The van der Waals surface area contributed by atoms with E-state index in [9.17, 15) is 13.2 Å². The maximum absolute atomic E-state index is 12.1. The molecule has 0 bridgehead atoms. The van der Waals surface area contributed by atoms with Crippen molar-refractivity contribution in [1.82, 2.24) is 9.97 Å². The van der Waals surface area contributed by atoms with E-state index in [-0.39, 0.29) is 11.7 Å². The Morgan fingerprint density at radius 1 is 1.40 bits per heavy atom. The summed E-state index contributed by atoms with van der Waals surface area (Å²) < 4.78 is 36.2. The summed E-state index contributed by atoms with van der Waals surface area (Å²) in [7, 11) is 1.30. The Morgan fingerprint density at radius 2 is 2.07 bits per heavy atom. The molecule has 0 fully saturated rings. The predicted molar refractivity (Wildman–Crippen MR) is 50.9 cm³/mol. The fourth-order valence-corrected chi connectivity index (χ4v) is 1.12. The maximum Gasteiger partial charge on any atom is 0.405 e. The van der Waals surface area contributed by atoms with Gasteiger partial charge in [-0.05, 0) is 0 Å². The molecule has 0 N–H and O–H groups in total. The van der Waals surface area contributed by atoms with Crippen molar-refractivity contribution >= 4 is 17.4 Å². The molecule has 0 spiro atoms. The van der Waals surface area contributed by atoms with Crippen molar-refractivity contribution in [1.29, 1.82) is 0 Å². The van der Waals surface area contributed by atoms with Crippen molar-refractivity contribution in [2.75, 3.05) is 18.5 Å². The highest BCUT2D eigenvalue weighted by Crippen LogP contribution is 2.19. The van der Waals surface area contributed by atoms with Gasteiger partial charge in [-0.15, -0.1) is 11.6 Å². The van der Waals surface area contributed by atoms with Crippen LogP contribution in [-0.4, -0.2) is 29.7 Å². The minimum absolute atomic E-state index is 0.126. The van der Waals surface area contributed by atoms with Gasteiger partial charge in [0.25, 0.3) is 0 Å². The van der Waals surface area contributed by atoms with E-state index >= 15 is 0 Å². The molecule has 0 aliphatic carbocycles. The van der Waals surface area contributed by atoms with Gasteiger partial charge in [-0.25, -0.2) is 4.98 Å². The quantitative estimate of drug-likeness (QED) is 0.758. The first-order valence-corrected chi connectivity index (χ1v) is 4.60. The summed E-state index contributed by atoms with van der Waals surface area (Å²) in [4.78, 5) is 8.63. The van der Waals surface area contributed by atoms with Crippen LogP contribution >= 0.6 is 11.6 Å². The SMILES string of the molecule is CN(CC(F)(F)F)c1cncc(CCl)n1. The van der Waals surface area contributed by atoms with Crippen LogP contribution < -0.4 is 4.90 Å². The average molecular weight is 240 g/mol. The maximum atomic E-state index is 12.1. The van der Waals surface area contributed by atoms with E-state index in [4.69, 9.17) is 11.6 Å². The third kappa shape index (κ3) is 3.91. The zero-order chi connectivity index (χ0) is 11.5. The van der Waals surface area contributed by atoms with Gasteiger partial charge in [0.15, 0.2) is 0 Å². The Hall–Kier alpha value is -1.04. The van der Waals surface area contributed by atoms with Crippen molar-refractivity contribution in [3.05, 3.63) is 18.1 Å². The molecule has 1 aromatic heterocycles. The Bertz CT molecular complexity index is 329. The van der Waals surface area contributed by atoms with Crippen molar-refractivity contribution < 1.29 is 13.2 Å². The first-order chi connectivity index (χ1) is 6.92. The number of anilines is 1. The van der Waals surface area contributed by atoms with E-state index in [0.717, 1.165) is 4.90 Å². The number of hydrogen-bond acceptors (Lipinski definition) is 3. The Balaban J connectivity index is 2.77. The van der Waals surface area contributed by atoms with Crippen molar-refractivity contribution in [3.63, 3.8) is 0 Å². The Morgan fingerprint density at radius 3 is 2.60 bits per heavy atom. The molecule has 0 unspecified atom stereocenters. The van der Waals surface area contributed by atoms with Gasteiger partial charge < -0.3 is 4.90 Å². The van der Waals surface area contributed by atoms with Crippen LogP contribution in [0.4, 0.5) is 19.0 Å². The third-order valence-corrected chi connectivity index (χ3v) is 1.89. The zero-order valence-corrected chi connectivity index (χ0v) is 8.68. The van der Waals surface area contributed by atoms with Gasteiger partial charge in [0.2, 0.25) is 0 Å². The summed E-state index contributed by atoms with van der Waals surface area (Å²) >= 11 is 5.49. The standard InChI is InChI=1S/C8H9ClF3N3/c1-15(5-8(10,11)12)7-4-13-3-6(2-9)14-7/h3-4H,2,5H2,1H3. The summed E-state index contributed by atoms with van der Waals surface area (Å²) in [6, 6.07) is 0. The second-order valence-electron chi connectivity index (χ2n) is 2.97. The molecule has 1 heterocycles. The summed E-state index contributed by atoms with van der Waals surface area (Å²) in [5.41, 5.74) is 0.447. The molecule has 3 nitrogen and oxygen atoms in total. The number of hydrogen-bond donors (Lipinski definition) is 0. The van der Waals surface area contributed by atoms with Crippen LogP contribution in [0, 0.1) is 0 Å². The van der Waals surface area contributed by atoms with E-state index in [1.165, 1.54) is 19.4 Å². The van der Waals surface area contributed by atoms with Gasteiger partial charge in [0, 0.05) is 13.2 Å². The molecule has 1 aromatic rings. The van der Waals surface area contributed by atoms with E-state index < -0.39 is 12.7 Å². The van der Waals surface area contributed by atoms with Crippen LogP contribution in [0.25, 0.3) is 0 Å². The second kappa shape index (κ2) is 4.65. The molecule has 0 saturated heterocycles. The number of rotatable bonds is 3.